The van der Waals surface area contributed by atoms with Crippen molar-refractivity contribution in [3.05, 3.63) is 35.4 Å². The molecule has 1 atom stereocenters. The van der Waals surface area contributed by atoms with Gasteiger partial charge in [0.15, 0.2) is 6.29 Å². The Kier molecular flexibility index (Phi) is 5.46. The minimum Gasteiger partial charge on any atom is -0.350 e. The highest BCUT2D eigenvalue weighted by atomic mass is 16.7. The molecule has 1 aromatic carbocycles. The van der Waals surface area contributed by atoms with Crippen molar-refractivity contribution >= 4 is 5.71 Å². The van der Waals surface area contributed by atoms with Crippen LogP contribution in [0.15, 0.2) is 29.4 Å². The Morgan fingerprint density at radius 3 is 2.82 bits per heavy atom. The summed E-state index contributed by atoms with van der Waals surface area (Å²) >= 11 is 0. The van der Waals surface area contributed by atoms with Gasteiger partial charge in [-0.25, -0.2) is 0 Å². The minimum absolute atomic E-state index is 0.0149. The third-order valence-corrected chi connectivity index (χ3v) is 4.48. The van der Waals surface area contributed by atoms with E-state index < -0.39 is 0 Å². The van der Waals surface area contributed by atoms with Gasteiger partial charge in [0, 0.05) is 18.0 Å². The van der Waals surface area contributed by atoms with Crippen LogP contribution < -0.4 is 5.43 Å². The van der Waals surface area contributed by atoms with Crippen molar-refractivity contribution < 1.29 is 9.47 Å². The molecule has 0 aromatic heterocycles. The minimum atomic E-state index is -0.0149. The number of nitrogens with zero attached hydrogens (tertiary/aromatic N) is 1. The van der Waals surface area contributed by atoms with Crippen LogP contribution in [-0.4, -0.2) is 31.8 Å². The molecular weight excluding hydrogens is 276 g/mol. The number of hydrogen-bond acceptors (Lipinski definition) is 4. The van der Waals surface area contributed by atoms with Gasteiger partial charge in [0.1, 0.15) is 0 Å². The Bertz CT molecular complexity index is 510. The van der Waals surface area contributed by atoms with Gasteiger partial charge < -0.3 is 14.9 Å². The zero-order valence-electron chi connectivity index (χ0n) is 13.4. The van der Waals surface area contributed by atoms with Gasteiger partial charge in [-0.05, 0) is 44.6 Å². The molecule has 120 valence electrons. The average Bonchev–Trinajstić information content (AvgIpc) is 3.00. The Morgan fingerprint density at radius 1 is 1.18 bits per heavy atom. The average molecular weight is 302 g/mol. The maximum absolute atomic E-state index is 5.58. The van der Waals surface area contributed by atoms with Gasteiger partial charge in [0.2, 0.25) is 0 Å². The lowest BCUT2D eigenvalue weighted by molar-refractivity contribution is -0.0490. The van der Waals surface area contributed by atoms with E-state index in [1.54, 1.807) is 0 Å². The molecule has 4 nitrogen and oxygen atoms in total. The number of aryl methyl sites for hydroxylation is 1. The molecule has 0 saturated carbocycles. The van der Waals surface area contributed by atoms with Gasteiger partial charge in [-0.15, -0.1) is 0 Å². The second kappa shape index (κ2) is 7.75. The highest BCUT2D eigenvalue weighted by Gasteiger charge is 2.25. The second-order valence-electron chi connectivity index (χ2n) is 6.00. The lowest BCUT2D eigenvalue weighted by atomic mass is 9.90. The molecule has 1 unspecified atom stereocenters. The molecule has 1 heterocycles. The summed E-state index contributed by atoms with van der Waals surface area (Å²) in [7, 11) is 0. The first-order valence-corrected chi connectivity index (χ1v) is 8.50. The van der Waals surface area contributed by atoms with Crippen molar-refractivity contribution in [2.45, 2.75) is 45.3 Å². The van der Waals surface area contributed by atoms with Crippen molar-refractivity contribution in [1.82, 2.24) is 5.43 Å². The van der Waals surface area contributed by atoms with Crippen LogP contribution in [0, 0.1) is 5.92 Å². The molecule has 3 rings (SSSR count). The quantitative estimate of drug-likeness (QED) is 0.671. The van der Waals surface area contributed by atoms with Crippen LogP contribution in [0.2, 0.25) is 0 Å². The number of rotatable bonds is 5. The van der Waals surface area contributed by atoms with Crippen molar-refractivity contribution in [2.75, 3.05) is 19.8 Å². The number of fused-ring (bicyclic) bond motifs is 1. The first kappa shape index (κ1) is 15.5. The van der Waals surface area contributed by atoms with E-state index in [0.717, 1.165) is 39.0 Å². The highest BCUT2D eigenvalue weighted by molar-refractivity contribution is 6.03. The van der Waals surface area contributed by atoms with Gasteiger partial charge in [-0.2, -0.15) is 5.10 Å². The topological polar surface area (TPSA) is 42.9 Å². The predicted molar refractivity (Wildman–Crippen MR) is 88.0 cm³/mol. The van der Waals surface area contributed by atoms with Gasteiger partial charge >= 0.3 is 0 Å². The third kappa shape index (κ3) is 3.68. The van der Waals surface area contributed by atoms with E-state index in [1.807, 2.05) is 0 Å². The number of nitrogens with one attached hydrogen (secondary N) is 1. The normalized spacial score (nSPS) is 24.2. The molecule has 22 heavy (non-hydrogen) atoms. The number of hydrogen-bond donors (Lipinski definition) is 1. The molecule has 2 aliphatic rings. The van der Waals surface area contributed by atoms with Crippen molar-refractivity contribution in [3.63, 3.8) is 0 Å². The Labute approximate surface area is 132 Å². The largest absolute Gasteiger partial charge is 0.350 e. The van der Waals surface area contributed by atoms with E-state index in [0.29, 0.717) is 5.92 Å². The lowest BCUT2D eigenvalue weighted by Gasteiger charge is -2.19. The van der Waals surface area contributed by atoms with Crippen LogP contribution in [-0.2, 0) is 15.9 Å². The molecule has 1 N–H and O–H groups in total. The van der Waals surface area contributed by atoms with Crippen LogP contribution in [0.1, 0.15) is 43.7 Å². The fraction of sp³-hybridized carbons (Fsp3) is 0.611. The van der Waals surface area contributed by atoms with Crippen LogP contribution in [0.25, 0.3) is 0 Å². The molecule has 1 aromatic rings. The number of ether oxygens (including phenoxy) is 2. The van der Waals surface area contributed by atoms with Gasteiger partial charge in [0.25, 0.3) is 0 Å². The molecule has 4 heteroatoms. The summed E-state index contributed by atoms with van der Waals surface area (Å²) in [6, 6.07) is 8.70. The summed E-state index contributed by atoms with van der Waals surface area (Å²) < 4.78 is 11.2. The summed E-state index contributed by atoms with van der Waals surface area (Å²) in [6.07, 6.45) is 5.57. The van der Waals surface area contributed by atoms with E-state index >= 15 is 0 Å². The summed E-state index contributed by atoms with van der Waals surface area (Å²) in [6.45, 7) is 4.40. The molecule has 1 saturated heterocycles. The molecule has 1 aliphatic carbocycles. The molecule has 1 aliphatic heterocycles. The van der Waals surface area contributed by atoms with Crippen molar-refractivity contribution in [2.24, 2.45) is 11.0 Å². The summed E-state index contributed by atoms with van der Waals surface area (Å²) in [5.41, 5.74) is 7.13. The molecule has 0 spiro atoms. The fourth-order valence-electron chi connectivity index (χ4n) is 3.39. The summed E-state index contributed by atoms with van der Waals surface area (Å²) in [4.78, 5) is 0. The predicted octanol–water partition coefficient (Wildman–Crippen LogP) is 3.11. The zero-order valence-corrected chi connectivity index (χ0v) is 13.4. The lowest BCUT2D eigenvalue weighted by Crippen LogP contribution is -2.21. The van der Waals surface area contributed by atoms with Gasteiger partial charge in [-0.3, -0.25) is 0 Å². The molecule has 1 fully saturated rings. The Hall–Kier alpha value is -1.39. The van der Waals surface area contributed by atoms with Gasteiger partial charge in [0.05, 0.1) is 18.9 Å². The molecule has 0 bridgehead atoms. The van der Waals surface area contributed by atoms with E-state index in [1.165, 1.54) is 29.7 Å². The second-order valence-corrected chi connectivity index (χ2v) is 6.00. The summed E-state index contributed by atoms with van der Waals surface area (Å²) in [5.74, 6) is 0.482. The summed E-state index contributed by atoms with van der Waals surface area (Å²) in [5, 5.41) is 4.71. The zero-order chi connectivity index (χ0) is 15.2. The van der Waals surface area contributed by atoms with Crippen molar-refractivity contribution in [1.29, 1.82) is 0 Å². The maximum Gasteiger partial charge on any atom is 0.157 e. The monoisotopic (exact) mass is 302 g/mol. The number of hydrazone groups is 1. The van der Waals surface area contributed by atoms with Crippen molar-refractivity contribution in [3.8, 4) is 0 Å². The van der Waals surface area contributed by atoms with E-state index in [4.69, 9.17) is 14.6 Å². The van der Waals surface area contributed by atoms with E-state index in [2.05, 4.69) is 36.6 Å². The fourth-order valence-corrected chi connectivity index (χ4v) is 3.39. The smallest absolute Gasteiger partial charge is 0.157 e. The van der Waals surface area contributed by atoms with Gasteiger partial charge in [-0.1, -0.05) is 24.3 Å². The van der Waals surface area contributed by atoms with E-state index in [-0.39, 0.29) is 6.29 Å². The molecule has 0 amide bonds. The standard InChI is InChI=1S/C18H26N2O2/c1-2-19-20-18-15(10-11-17-21-12-13-22-17)8-5-7-14-6-3-4-9-16(14)18/h3-4,6,9,15,17,19H,2,5,7-8,10-13H2,1H3. The Balaban J connectivity index is 1.77. The molecular formula is C18H26N2O2. The first-order chi connectivity index (χ1) is 10.9. The van der Waals surface area contributed by atoms with Crippen LogP contribution >= 0.6 is 0 Å². The SMILES string of the molecule is CCNN=C1c2ccccc2CCCC1CCC1OCCO1. The first-order valence-electron chi connectivity index (χ1n) is 8.50. The van der Waals surface area contributed by atoms with Crippen LogP contribution in [0.5, 0.6) is 0 Å². The highest BCUT2D eigenvalue weighted by Crippen LogP contribution is 2.29. The Morgan fingerprint density at radius 2 is 2.00 bits per heavy atom. The maximum atomic E-state index is 5.58. The molecule has 0 radical (unpaired) electrons. The third-order valence-electron chi connectivity index (χ3n) is 4.48. The van der Waals surface area contributed by atoms with E-state index in [9.17, 15) is 0 Å². The van der Waals surface area contributed by atoms with Crippen LogP contribution in [0.4, 0.5) is 0 Å². The van der Waals surface area contributed by atoms with Crippen LogP contribution in [0.3, 0.4) is 0 Å². The number of benzene rings is 1.